The van der Waals surface area contributed by atoms with Crippen molar-refractivity contribution in [2.45, 2.75) is 83.6 Å². The fraction of sp³-hybridized carbons (Fsp3) is 0.720. The van der Waals surface area contributed by atoms with Gasteiger partial charge in [-0.3, -0.25) is 9.59 Å². The molecule has 0 atom stereocenters. The van der Waals surface area contributed by atoms with E-state index < -0.39 is 5.97 Å². The molecule has 1 heterocycles. The van der Waals surface area contributed by atoms with Crippen LogP contribution in [-0.2, 0) is 9.53 Å². The van der Waals surface area contributed by atoms with Crippen molar-refractivity contribution in [2.75, 3.05) is 12.4 Å². The lowest BCUT2D eigenvalue weighted by molar-refractivity contribution is -0.140. The number of esters is 1. The number of thiophene rings is 1. The number of hydrogen-bond acceptors (Lipinski definition) is 5. The van der Waals surface area contributed by atoms with Crippen LogP contribution < -0.4 is 10.6 Å². The zero-order valence-corrected chi connectivity index (χ0v) is 19.9. The third kappa shape index (κ3) is 3.87. The summed E-state index contributed by atoms with van der Waals surface area (Å²) in [5, 5.41) is 6.71. The molecule has 0 radical (unpaired) electrons. The molecule has 5 saturated carbocycles. The van der Waals surface area contributed by atoms with Crippen molar-refractivity contribution < 1.29 is 19.1 Å². The number of amides is 2. The van der Waals surface area contributed by atoms with E-state index in [1.54, 1.807) is 6.92 Å². The molecule has 32 heavy (non-hydrogen) atoms. The predicted octanol–water partition coefficient (Wildman–Crippen LogP) is 5.06. The first-order valence-electron chi connectivity index (χ1n) is 12.2. The minimum Gasteiger partial charge on any atom is -0.465 e. The Morgan fingerprint density at radius 1 is 0.969 bits per heavy atom. The van der Waals surface area contributed by atoms with Crippen LogP contribution in [0.3, 0.4) is 0 Å². The molecular weight excluding hydrogens is 424 g/mol. The minimum atomic E-state index is -0.503. The number of anilines is 1. The second-order valence-corrected chi connectivity index (χ2v) is 11.7. The van der Waals surface area contributed by atoms with Crippen molar-refractivity contribution in [1.82, 2.24) is 5.32 Å². The molecule has 1 aromatic rings. The fourth-order valence-electron chi connectivity index (χ4n) is 7.29. The Morgan fingerprint density at radius 2 is 1.56 bits per heavy atom. The van der Waals surface area contributed by atoms with Crippen LogP contribution in [0.1, 0.15) is 96.2 Å². The summed E-state index contributed by atoms with van der Waals surface area (Å²) in [7, 11) is 1.34. The van der Waals surface area contributed by atoms with Gasteiger partial charge in [0.05, 0.1) is 23.0 Å². The van der Waals surface area contributed by atoms with Crippen LogP contribution in [0, 0.1) is 30.1 Å². The Labute approximate surface area is 193 Å². The van der Waals surface area contributed by atoms with Crippen molar-refractivity contribution in [3.05, 3.63) is 16.0 Å². The monoisotopic (exact) mass is 458 g/mol. The lowest BCUT2D eigenvalue weighted by atomic mass is 9.49. The number of ether oxygens (including phenoxy) is 1. The van der Waals surface area contributed by atoms with Gasteiger partial charge < -0.3 is 15.4 Å². The van der Waals surface area contributed by atoms with E-state index in [4.69, 9.17) is 4.74 Å². The Hall–Kier alpha value is -1.89. The van der Waals surface area contributed by atoms with Gasteiger partial charge in [-0.05, 0) is 81.6 Å². The third-order valence-electron chi connectivity index (χ3n) is 8.43. The Balaban J connectivity index is 1.39. The predicted molar refractivity (Wildman–Crippen MR) is 124 cm³/mol. The zero-order valence-electron chi connectivity index (χ0n) is 19.1. The molecule has 0 aliphatic heterocycles. The van der Waals surface area contributed by atoms with Crippen LogP contribution in [-0.4, -0.2) is 30.9 Å². The molecule has 174 valence electrons. The quantitative estimate of drug-likeness (QED) is 0.604. The SMILES string of the molecule is COC(=O)c1c(NC(=O)C23CC4CC(CC(C4)C2)C3)sc(C(=O)NC2CCCCC2)c1C. The molecule has 0 saturated heterocycles. The highest BCUT2D eigenvalue weighted by Crippen LogP contribution is 2.60. The van der Waals surface area contributed by atoms with E-state index in [1.165, 1.54) is 44.1 Å². The second kappa shape index (κ2) is 8.47. The fourth-order valence-corrected chi connectivity index (χ4v) is 8.38. The van der Waals surface area contributed by atoms with E-state index in [0.29, 0.717) is 38.8 Å². The number of carbonyl (C=O) groups is 3. The third-order valence-corrected chi connectivity index (χ3v) is 9.64. The van der Waals surface area contributed by atoms with Gasteiger partial charge in [0, 0.05) is 6.04 Å². The maximum absolute atomic E-state index is 13.6. The molecule has 2 N–H and O–H groups in total. The van der Waals surface area contributed by atoms with E-state index in [0.717, 1.165) is 44.9 Å². The van der Waals surface area contributed by atoms with Crippen LogP contribution in [0.2, 0.25) is 0 Å². The highest BCUT2D eigenvalue weighted by molar-refractivity contribution is 7.18. The van der Waals surface area contributed by atoms with Crippen molar-refractivity contribution in [3.63, 3.8) is 0 Å². The lowest BCUT2D eigenvalue weighted by Gasteiger charge is -2.55. The van der Waals surface area contributed by atoms with Gasteiger partial charge in [0.25, 0.3) is 5.91 Å². The van der Waals surface area contributed by atoms with E-state index in [9.17, 15) is 14.4 Å². The first kappa shape index (κ1) is 21.9. The van der Waals surface area contributed by atoms with Gasteiger partial charge >= 0.3 is 5.97 Å². The second-order valence-electron chi connectivity index (χ2n) is 10.7. The Kier molecular flexibility index (Phi) is 5.81. The standard InChI is InChI=1S/C25H34N2O4S/c1-14-19(23(29)31-2)22(32-20(14)21(28)26-18-6-4-3-5-7-18)27-24(30)25-11-15-8-16(12-25)10-17(9-15)13-25/h15-18H,3-13H2,1-2H3,(H,26,28)(H,27,30). The van der Waals surface area contributed by atoms with Gasteiger partial charge in [-0.1, -0.05) is 19.3 Å². The average Bonchev–Trinajstić information content (AvgIpc) is 3.09. The molecule has 0 aromatic carbocycles. The van der Waals surface area contributed by atoms with Gasteiger partial charge in [0.2, 0.25) is 5.91 Å². The van der Waals surface area contributed by atoms with E-state index >= 15 is 0 Å². The molecule has 0 spiro atoms. The summed E-state index contributed by atoms with van der Waals surface area (Å²) < 4.78 is 5.02. The molecule has 2 amide bonds. The van der Waals surface area contributed by atoms with E-state index in [1.807, 2.05) is 0 Å². The van der Waals surface area contributed by atoms with Gasteiger partial charge in [0.1, 0.15) is 5.00 Å². The minimum absolute atomic E-state index is 0.0299. The van der Waals surface area contributed by atoms with Crippen LogP contribution >= 0.6 is 11.3 Å². The Bertz CT molecular complexity index is 895. The van der Waals surface area contributed by atoms with Crippen molar-refractivity contribution in [2.24, 2.45) is 23.2 Å². The molecule has 6 rings (SSSR count). The summed E-state index contributed by atoms with van der Waals surface area (Å²) in [6.45, 7) is 1.78. The van der Waals surface area contributed by atoms with Gasteiger partial charge in [0.15, 0.2) is 0 Å². The topological polar surface area (TPSA) is 84.5 Å². The first-order chi connectivity index (χ1) is 15.4. The average molecular weight is 459 g/mol. The summed E-state index contributed by atoms with van der Waals surface area (Å²) in [5.74, 6) is 1.36. The van der Waals surface area contributed by atoms with Crippen LogP contribution in [0.25, 0.3) is 0 Å². The highest BCUT2D eigenvalue weighted by Gasteiger charge is 2.54. The number of carbonyl (C=O) groups excluding carboxylic acids is 3. The van der Waals surface area contributed by atoms with Crippen molar-refractivity contribution in [3.8, 4) is 0 Å². The number of nitrogens with one attached hydrogen (secondary N) is 2. The maximum atomic E-state index is 13.6. The number of methoxy groups -OCH3 is 1. The molecule has 7 heteroatoms. The summed E-state index contributed by atoms with van der Waals surface area (Å²) in [6, 6.07) is 0.185. The van der Waals surface area contributed by atoms with Gasteiger partial charge in [-0.15, -0.1) is 11.3 Å². The van der Waals surface area contributed by atoms with E-state index in [2.05, 4.69) is 10.6 Å². The smallest absolute Gasteiger partial charge is 0.341 e. The van der Waals surface area contributed by atoms with Gasteiger partial charge in [-0.25, -0.2) is 4.79 Å². The number of rotatable bonds is 5. The molecule has 0 unspecified atom stereocenters. The van der Waals surface area contributed by atoms with Crippen LogP contribution in [0.4, 0.5) is 5.00 Å². The molecular formula is C25H34N2O4S. The van der Waals surface area contributed by atoms with Crippen molar-refractivity contribution >= 4 is 34.1 Å². The summed E-state index contributed by atoms with van der Waals surface area (Å²) in [5.41, 5.74) is 0.602. The van der Waals surface area contributed by atoms with E-state index in [-0.39, 0.29) is 23.3 Å². The molecule has 5 fully saturated rings. The highest BCUT2D eigenvalue weighted by atomic mass is 32.1. The summed E-state index contributed by atoms with van der Waals surface area (Å²) >= 11 is 1.21. The maximum Gasteiger partial charge on any atom is 0.341 e. The molecule has 6 nitrogen and oxygen atoms in total. The summed E-state index contributed by atoms with van der Waals surface area (Å²) in [4.78, 5) is 39.7. The summed E-state index contributed by atoms with van der Waals surface area (Å²) in [6.07, 6.45) is 12.1. The van der Waals surface area contributed by atoms with Gasteiger partial charge in [-0.2, -0.15) is 0 Å². The van der Waals surface area contributed by atoms with Crippen LogP contribution in [0.5, 0.6) is 0 Å². The largest absolute Gasteiger partial charge is 0.465 e. The Morgan fingerprint density at radius 3 is 2.12 bits per heavy atom. The number of hydrogen-bond donors (Lipinski definition) is 2. The van der Waals surface area contributed by atoms with Crippen LogP contribution in [0.15, 0.2) is 0 Å². The molecule has 4 bridgehead atoms. The normalized spacial score (nSPS) is 31.4. The first-order valence-corrected chi connectivity index (χ1v) is 13.0. The molecule has 5 aliphatic carbocycles. The molecule has 1 aromatic heterocycles. The zero-order chi connectivity index (χ0) is 22.5. The molecule has 5 aliphatic rings. The lowest BCUT2D eigenvalue weighted by Crippen LogP contribution is -2.51. The van der Waals surface area contributed by atoms with Crippen molar-refractivity contribution in [1.29, 1.82) is 0 Å².